The Balaban J connectivity index is 1.56. The van der Waals surface area contributed by atoms with Crippen LogP contribution in [0, 0.1) is 0 Å². The van der Waals surface area contributed by atoms with Crippen LogP contribution in [-0.4, -0.2) is 25.2 Å². The second-order valence-corrected chi connectivity index (χ2v) is 5.98. The van der Waals surface area contributed by atoms with Gasteiger partial charge in [0.05, 0.1) is 6.10 Å². The van der Waals surface area contributed by atoms with E-state index >= 15 is 0 Å². The maximum atomic E-state index is 12.3. The van der Waals surface area contributed by atoms with Crippen LogP contribution >= 0.6 is 0 Å². The number of nitrogens with one attached hydrogen (secondary N) is 1. The van der Waals surface area contributed by atoms with E-state index in [4.69, 9.17) is 9.47 Å². The van der Waals surface area contributed by atoms with Crippen molar-refractivity contribution in [3.63, 3.8) is 0 Å². The van der Waals surface area contributed by atoms with Gasteiger partial charge >= 0.3 is 0 Å². The average molecular weight is 325 g/mol. The van der Waals surface area contributed by atoms with Gasteiger partial charge in [0.25, 0.3) is 5.91 Å². The van der Waals surface area contributed by atoms with Crippen molar-refractivity contribution in [1.82, 2.24) is 0 Å². The Morgan fingerprint density at radius 1 is 1.25 bits per heavy atom. The molecule has 0 aliphatic carbocycles. The maximum Gasteiger partial charge on any atom is 0.255 e. The first kappa shape index (κ1) is 16.5. The Morgan fingerprint density at radius 2 is 2.08 bits per heavy atom. The highest BCUT2D eigenvalue weighted by molar-refractivity contribution is 6.04. The van der Waals surface area contributed by atoms with Crippen LogP contribution in [0.4, 0.5) is 5.69 Å². The summed E-state index contributed by atoms with van der Waals surface area (Å²) in [4.78, 5) is 12.3. The van der Waals surface area contributed by atoms with Gasteiger partial charge in [-0.15, -0.1) is 0 Å². The summed E-state index contributed by atoms with van der Waals surface area (Å²) in [7, 11) is 0. The highest BCUT2D eigenvalue weighted by Crippen LogP contribution is 2.18. The molecule has 0 unspecified atom stereocenters. The van der Waals surface area contributed by atoms with Crippen molar-refractivity contribution in [2.75, 3.05) is 18.5 Å². The third-order valence-electron chi connectivity index (χ3n) is 4.17. The molecule has 0 spiro atoms. The number of benzene rings is 2. The van der Waals surface area contributed by atoms with E-state index in [1.54, 1.807) is 12.1 Å². The summed E-state index contributed by atoms with van der Waals surface area (Å²) < 4.78 is 11.2. The molecule has 1 N–H and O–H groups in total. The fourth-order valence-electron chi connectivity index (χ4n) is 2.74. The summed E-state index contributed by atoms with van der Waals surface area (Å²) in [6, 6.07) is 15.1. The molecule has 1 aliphatic heterocycles. The van der Waals surface area contributed by atoms with Crippen molar-refractivity contribution in [2.45, 2.75) is 32.3 Å². The number of anilines is 1. The van der Waals surface area contributed by atoms with Crippen molar-refractivity contribution in [3.05, 3.63) is 59.7 Å². The number of amides is 1. The third kappa shape index (κ3) is 4.36. The minimum atomic E-state index is -0.117. The van der Waals surface area contributed by atoms with E-state index in [1.807, 2.05) is 30.3 Å². The summed E-state index contributed by atoms with van der Waals surface area (Å²) in [6.45, 7) is 3.48. The number of rotatable bonds is 6. The minimum Gasteiger partial charge on any atom is -0.491 e. The van der Waals surface area contributed by atoms with Crippen LogP contribution in [0.25, 0.3) is 0 Å². The molecule has 4 nitrogen and oxygen atoms in total. The zero-order valence-corrected chi connectivity index (χ0v) is 14.0. The van der Waals surface area contributed by atoms with Gasteiger partial charge in [0.2, 0.25) is 0 Å². The smallest absolute Gasteiger partial charge is 0.255 e. The lowest BCUT2D eigenvalue weighted by atomic mass is 10.1. The zero-order valence-electron chi connectivity index (χ0n) is 14.0. The Hall–Kier alpha value is -2.33. The van der Waals surface area contributed by atoms with Gasteiger partial charge in [-0.3, -0.25) is 4.79 Å². The third-order valence-corrected chi connectivity index (χ3v) is 4.17. The second kappa shape index (κ2) is 7.97. The molecule has 0 aromatic heterocycles. The molecule has 0 bridgehead atoms. The van der Waals surface area contributed by atoms with Crippen molar-refractivity contribution < 1.29 is 14.3 Å². The molecular weight excluding hydrogens is 302 g/mol. The van der Waals surface area contributed by atoms with E-state index in [0.29, 0.717) is 12.2 Å². The maximum absolute atomic E-state index is 12.3. The summed E-state index contributed by atoms with van der Waals surface area (Å²) in [5.41, 5.74) is 2.63. The minimum absolute atomic E-state index is 0.117. The lowest BCUT2D eigenvalue weighted by molar-refractivity contribution is 0.0679. The number of hydrogen-bond donors (Lipinski definition) is 1. The fourth-order valence-corrected chi connectivity index (χ4v) is 2.74. The van der Waals surface area contributed by atoms with Gasteiger partial charge in [0.15, 0.2) is 0 Å². The molecule has 1 fully saturated rings. The Labute approximate surface area is 142 Å². The lowest BCUT2D eigenvalue weighted by Gasteiger charge is -2.12. The van der Waals surface area contributed by atoms with Gasteiger partial charge in [0.1, 0.15) is 12.4 Å². The van der Waals surface area contributed by atoms with E-state index in [2.05, 4.69) is 18.3 Å². The molecule has 1 amide bonds. The van der Waals surface area contributed by atoms with Crippen molar-refractivity contribution in [2.24, 2.45) is 0 Å². The van der Waals surface area contributed by atoms with Crippen molar-refractivity contribution in [3.8, 4) is 5.75 Å². The van der Waals surface area contributed by atoms with Crippen LogP contribution in [0.5, 0.6) is 5.75 Å². The molecule has 126 valence electrons. The van der Waals surface area contributed by atoms with Crippen LogP contribution in [-0.2, 0) is 11.2 Å². The zero-order chi connectivity index (χ0) is 16.8. The molecule has 1 heterocycles. The standard InChI is InChI=1S/C20H23NO3/c1-2-15-5-3-6-17(13-15)21-20(22)16-8-10-18(11-9-16)24-14-19-7-4-12-23-19/h3,5-6,8-11,13,19H,2,4,7,12,14H2,1H3,(H,21,22)/t19-/m0/s1. The second-order valence-electron chi connectivity index (χ2n) is 5.98. The molecule has 2 aromatic carbocycles. The van der Waals surface area contributed by atoms with Gasteiger partial charge in [0, 0.05) is 17.9 Å². The summed E-state index contributed by atoms with van der Waals surface area (Å²) in [5.74, 6) is 0.643. The van der Waals surface area contributed by atoms with Crippen LogP contribution < -0.4 is 10.1 Å². The fraction of sp³-hybridized carbons (Fsp3) is 0.350. The number of carbonyl (C=O) groups is 1. The normalized spacial score (nSPS) is 16.8. The van der Waals surface area contributed by atoms with Crippen LogP contribution in [0.3, 0.4) is 0 Å². The largest absolute Gasteiger partial charge is 0.491 e. The van der Waals surface area contributed by atoms with Gasteiger partial charge < -0.3 is 14.8 Å². The van der Waals surface area contributed by atoms with Gasteiger partial charge in [-0.2, -0.15) is 0 Å². The topological polar surface area (TPSA) is 47.6 Å². The monoisotopic (exact) mass is 325 g/mol. The van der Waals surface area contributed by atoms with E-state index < -0.39 is 0 Å². The molecule has 2 aromatic rings. The SMILES string of the molecule is CCc1cccc(NC(=O)c2ccc(OC[C@@H]3CCCO3)cc2)c1. The number of ether oxygens (including phenoxy) is 2. The van der Waals surface area contributed by atoms with Crippen LogP contribution in [0.2, 0.25) is 0 Å². The summed E-state index contributed by atoms with van der Waals surface area (Å²) >= 11 is 0. The molecule has 0 saturated carbocycles. The van der Waals surface area contributed by atoms with E-state index in [9.17, 15) is 4.79 Å². The van der Waals surface area contributed by atoms with Crippen LogP contribution in [0.15, 0.2) is 48.5 Å². The summed E-state index contributed by atoms with van der Waals surface area (Å²) in [5, 5.41) is 2.93. The number of aryl methyl sites for hydroxylation is 1. The van der Waals surface area contributed by atoms with Gasteiger partial charge in [-0.25, -0.2) is 0 Å². The molecule has 3 rings (SSSR count). The predicted octanol–water partition coefficient (Wildman–Crippen LogP) is 4.06. The molecule has 4 heteroatoms. The van der Waals surface area contributed by atoms with E-state index in [0.717, 1.165) is 37.3 Å². The molecule has 1 saturated heterocycles. The number of carbonyl (C=O) groups excluding carboxylic acids is 1. The highest BCUT2D eigenvalue weighted by Gasteiger charge is 2.16. The molecule has 0 radical (unpaired) electrons. The first-order valence-electron chi connectivity index (χ1n) is 8.49. The molecular formula is C20H23NO3. The average Bonchev–Trinajstić information content (AvgIpc) is 3.14. The van der Waals surface area contributed by atoms with Crippen molar-refractivity contribution >= 4 is 11.6 Å². The number of hydrogen-bond acceptors (Lipinski definition) is 3. The quantitative estimate of drug-likeness (QED) is 0.871. The Bertz CT molecular complexity index is 676. The summed E-state index contributed by atoms with van der Waals surface area (Å²) in [6.07, 6.45) is 3.29. The van der Waals surface area contributed by atoms with E-state index in [-0.39, 0.29) is 12.0 Å². The Morgan fingerprint density at radius 3 is 2.79 bits per heavy atom. The molecule has 24 heavy (non-hydrogen) atoms. The first-order chi connectivity index (χ1) is 11.7. The van der Waals surface area contributed by atoms with Crippen LogP contribution in [0.1, 0.15) is 35.7 Å². The Kier molecular flexibility index (Phi) is 5.49. The predicted molar refractivity (Wildman–Crippen MR) is 94.7 cm³/mol. The lowest BCUT2D eigenvalue weighted by Crippen LogP contribution is -2.16. The molecule has 1 aliphatic rings. The van der Waals surface area contributed by atoms with Gasteiger partial charge in [-0.1, -0.05) is 19.1 Å². The first-order valence-corrected chi connectivity index (χ1v) is 8.49. The van der Waals surface area contributed by atoms with Crippen molar-refractivity contribution in [1.29, 1.82) is 0 Å². The molecule has 1 atom stereocenters. The van der Waals surface area contributed by atoms with E-state index in [1.165, 1.54) is 5.56 Å². The highest BCUT2D eigenvalue weighted by atomic mass is 16.5. The van der Waals surface area contributed by atoms with Gasteiger partial charge in [-0.05, 0) is 61.2 Å².